The number of amides is 1. The number of halogens is 1. The average molecular weight is 549 g/mol. The Bertz CT molecular complexity index is 1450. The van der Waals surface area contributed by atoms with E-state index in [4.69, 9.17) is 26.1 Å². The second kappa shape index (κ2) is 11.9. The Kier molecular flexibility index (Phi) is 8.18. The van der Waals surface area contributed by atoms with Crippen LogP contribution in [-0.4, -0.2) is 65.7 Å². The number of pyridine rings is 1. The van der Waals surface area contributed by atoms with Crippen LogP contribution in [0.4, 0.5) is 5.69 Å². The number of aromatic nitrogens is 3. The SMILES string of the molecule is CNC(=O)COc1ccc(-c2nc3nc[nH]c3c(NC3CCN(Cc4ccc(OC)cc4)CC3)c2Cl)cc1C. The largest absolute Gasteiger partial charge is 0.497 e. The van der Waals surface area contributed by atoms with Crippen molar-refractivity contribution in [2.45, 2.75) is 32.4 Å². The predicted octanol–water partition coefficient (Wildman–Crippen LogP) is 4.80. The summed E-state index contributed by atoms with van der Waals surface area (Å²) < 4.78 is 10.9. The first-order valence-electron chi connectivity index (χ1n) is 13.0. The maximum absolute atomic E-state index is 11.6. The Morgan fingerprint density at radius 1 is 1.18 bits per heavy atom. The highest BCUT2D eigenvalue weighted by Crippen LogP contribution is 2.38. The molecule has 1 saturated heterocycles. The van der Waals surface area contributed by atoms with Gasteiger partial charge in [-0.3, -0.25) is 9.69 Å². The Morgan fingerprint density at radius 3 is 2.64 bits per heavy atom. The minimum Gasteiger partial charge on any atom is -0.497 e. The third kappa shape index (κ3) is 6.10. The number of carbonyl (C=O) groups is 1. The summed E-state index contributed by atoms with van der Waals surface area (Å²) in [5.41, 5.74) is 5.89. The van der Waals surface area contributed by atoms with Crippen LogP contribution in [0.5, 0.6) is 11.5 Å². The van der Waals surface area contributed by atoms with Crippen LogP contribution in [-0.2, 0) is 11.3 Å². The quantitative estimate of drug-likeness (QED) is 0.276. The van der Waals surface area contributed by atoms with Crippen molar-refractivity contribution in [2.75, 3.05) is 39.2 Å². The van der Waals surface area contributed by atoms with Crippen molar-refractivity contribution in [3.63, 3.8) is 0 Å². The summed E-state index contributed by atoms with van der Waals surface area (Å²) >= 11 is 7.00. The topological polar surface area (TPSA) is 104 Å². The fraction of sp³-hybridized carbons (Fsp3) is 0.345. The lowest BCUT2D eigenvalue weighted by atomic mass is 10.0. The second-order valence-corrected chi connectivity index (χ2v) is 10.1. The number of rotatable bonds is 9. The number of likely N-dealkylation sites (N-methyl/N-ethyl adjacent to an activating group) is 1. The van der Waals surface area contributed by atoms with Crippen molar-refractivity contribution in [2.24, 2.45) is 0 Å². The molecule has 0 bridgehead atoms. The number of nitrogens with zero attached hydrogens (tertiary/aromatic N) is 3. The summed E-state index contributed by atoms with van der Waals surface area (Å²) in [7, 11) is 3.27. The minimum atomic E-state index is -0.186. The summed E-state index contributed by atoms with van der Waals surface area (Å²) in [6.45, 7) is 4.79. The van der Waals surface area contributed by atoms with Crippen molar-refractivity contribution in [3.8, 4) is 22.8 Å². The highest BCUT2D eigenvalue weighted by molar-refractivity contribution is 6.37. The van der Waals surface area contributed by atoms with Gasteiger partial charge in [-0.2, -0.15) is 0 Å². The number of benzene rings is 2. The van der Waals surface area contributed by atoms with E-state index in [9.17, 15) is 4.79 Å². The van der Waals surface area contributed by atoms with Crippen LogP contribution in [0.15, 0.2) is 48.8 Å². The van der Waals surface area contributed by atoms with Crippen molar-refractivity contribution in [3.05, 3.63) is 64.9 Å². The first-order chi connectivity index (χ1) is 18.9. The molecule has 10 heteroatoms. The minimum absolute atomic E-state index is 0.0398. The number of carbonyl (C=O) groups excluding carboxylic acids is 1. The molecule has 204 valence electrons. The molecule has 2 aromatic carbocycles. The molecule has 0 atom stereocenters. The van der Waals surface area contributed by atoms with Gasteiger partial charge in [0.15, 0.2) is 12.3 Å². The van der Waals surface area contributed by atoms with Gasteiger partial charge in [0.2, 0.25) is 0 Å². The second-order valence-electron chi connectivity index (χ2n) is 9.74. The van der Waals surface area contributed by atoms with E-state index in [1.807, 2.05) is 37.3 Å². The van der Waals surface area contributed by atoms with E-state index in [0.717, 1.165) is 60.6 Å². The molecule has 0 radical (unpaired) electrons. The molecule has 0 saturated carbocycles. The number of aryl methyl sites for hydroxylation is 1. The van der Waals surface area contributed by atoms with Crippen LogP contribution in [0.25, 0.3) is 22.4 Å². The van der Waals surface area contributed by atoms with E-state index in [-0.39, 0.29) is 18.6 Å². The number of methoxy groups -OCH3 is 1. The van der Waals surface area contributed by atoms with Gasteiger partial charge in [0, 0.05) is 38.3 Å². The van der Waals surface area contributed by atoms with E-state index >= 15 is 0 Å². The lowest BCUT2D eigenvalue weighted by Crippen LogP contribution is -2.38. The van der Waals surface area contributed by atoms with Crippen LogP contribution < -0.4 is 20.1 Å². The monoisotopic (exact) mass is 548 g/mol. The molecule has 4 aromatic rings. The van der Waals surface area contributed by atoms with Crippen LogP contribution in [0, 0.1) is 6.92 Å². The van der Waals surface area contributed by atoms with Crippen molar-refractivity contribution in [1.82, 2.24) is 25.2 Å². The summed E-state index contributed by atoms with van der Waals surface area (Å²) in [5.74, 6) is 1.33. The molecule has 39 heavy (non-hydrogen) atoms. The first-order valence-corrected chi connectivity index (χ1v) is 13.4. The van der Waals surface area contributed by atoms with Crippen LogP contribution >= 0.6 is 11.6 Å². The standard InChI is InChI=1S/C29H33ClN6O3/c1-18-14-20(6-9-23(18)39-16-24(37)31-2)26-25(30)27(28-29(35-26)33-17-32-28)34-21-10-12-36(13-11-21)15-19-4-7-22(38-3)8-5-19/h4-9,14,17,21H,10-13,15-16H2,1-3H3,(H,31,37)(H2,32,33,34,35). The molecule has 1 amide bonds. The molecule has 1 aliphatic rings. The summed E-state index contributed by atoms with van der Waals surface area (Å²) in [4.78, 5) is 26.4. The maximum atomic E-state index is 11.6. The third-order valence-corrected chi connectivity index (χ3v) is 7.47. The molecule has 3 N–H and O–H groups in total. The van der Waals surface area contributed by atoms with Gasteiger partial charge in [0.05, 0.1) is 29.8 Å². The van der Waals surface area contributed by atoms with Gasteiger partial charge >= 0.3 is 0 Å². The highest BCUT2D eigenvalue weighted by atomic mass is 35.5. The van der Waals surface area contributed by atoms with Gasteiger partial charge in [-0.25, -0.2) is 9.97 Å². The number of hydrogen-bond acceptors (Lipinski definition) is 7. The predicted molar refractivity (Wildman–Crippen MR) is 154 cm³/mol. The van der Waals surface area contributed by atoms with Gasteiger partial charge < -0.3 is 25.1 Å². The molecule has 1 fully saturated rings. The van der Waals surface area contributed by atoms with Gasteiger partial charge in [0.25, 0.3) is 5.91 Å². The fourth-order valence-electron chi connectivity index (χ4n) is 4.87. The Balaban J connectivity index is 1.30. The maximum Gasteiger partial charge on any atom is 0.257 e. The highest BCUT2D eigenvalue weighted by Gasteiger charge is 2.23. The Hall–Kier alpha value is -3.82. The van der Waals surface area contributed by atoms with E-state index < -0.39 is 0 Å². The van der Waals surface area contributed by atoms with E-state index in [1.165, 1.54) is 5.56 Å². The van der Waals surface area contributed by atoms with Crippen LogP contribution in [0.1, 0.15) is 24.0 Å². The molecule has 0 spiro atoms. The molecular formula is C29H33ClN6O3. The van der Waals surface area contributed by atoms with Crippen molar-refractivity contribution >= 4 is 34.4 Å². The van der Waals surface area contributed by atoms with E-state index in [2.05, 4.69) is 37.6 Å². The number of hydrogen-bond donors (Lipinski definition) is 3. The summed E-state index contributed by atoms with van der Waals surface area (Å²) in [6, 6.07) is 14.3. The van der Waals surface area contributed by atoms with Gasteiger partial charge in [-0.15, -0.1) is 0 Å². The van der Waals surface area contributed by atoms with Crippen LogP contribution in [0.2, 0.25) is 5.02 Å². The number of likely N-dealkylation sites (tertiary alicyclic amines) is 1. The number of aromatic amines is 1. The summed E-state index contributed by atoms with van der Waals surface area (Å²) in [6.07, 6.45) is 3.63. The van der Waals surface area contributed by atoms with Gasteiger partial charge in [-0.05, 0) is 61.2 Å². The normalized spacial score (nSPS) is 14.4. The molecule has 2 aromatic heterocycles. The molecular weight excluding hydrogens is 516 g/mol. The van der Waals surface area contributed by atoms with Crippen molar-refractivity contribution < 1.29 is 14.3 Å². The van der Waals surface area contributed by atoms with Gasteiger partial charge in [-0.1, -0.05) is 23.7 Å². The molecule has 9 nitrogen and oxygen atoms in total. The number of fused-ring (bicyclic) bond motifs is 1. The summed E-state index contributed by atoms with van der Waals surface area (Å²) in [5, 5.41) is 6.80. The zero-order valence-electron chi connectivity index (χ0n) is 22.4. The number of imidazole rings is 1. The van der Waals surface area contributed by atoms with Crippen LogP contribution in [0.3, 0.4) is 0 Å². The van der Waals surface area contributed by atoms with Gasteiger partial charge in [0.1, 0.15) is 17.0 Å². The number of H-pyrrole nitrogens is 1. The number of ether oxygens (including phenoxy) is 2. The average Bonchev–Trinajstić information content (AvgIpc) is 3.43. The third-order valence-electron chi connectivity index (χ3n) is 7.10. The fourth-order valence-corrected chi connectivity index (χ4v) is 5.17. The number of anilines is 1. The van der Waals surface area contributed by atoms with E-state index in [1.54, 1.807) is 20.5 Å². The molecule has 3 heterocycles. The molecule has 0 aliphatic carbocycles. The molecule has 5 rings (SSSR count). The zero-order chi connectivity index (χ0) is 27.4. The Morgan fingerprint density at radius 2 is 1.95 bits per heavy atom. The van der Waals surface area contributed by atoms with E-state index in [0.29, 0.717) is 22.1 Å². The first kappa shape index (κ1) is 26.8. The smallest absolute Gasteiger partial charge is 0.257 e. The molecule has 1 aliphatic heterocycles. The van der Waals surface area contributed by atoms with Crippen molar-refractivity contribution in [1.29, 1.82) is 0 Å². The lowest BCUT2D eigenvalue weighted by Gasteiger charge is -2.33. The number of nitrogens with one attached hydrogen (secondary N) is 3. The molecule has 0 unspecified atom stereocenters. The Labute approximate surface area is 232 Å². The number of piperidine rings is 1. The zero-order valence-corrected chi connectivity index (χ0v) is 23.1. The lowest BCUT2D eigenvalue weighted by molar-refractivity contribution is -0.122.